The molecule has 0 radical (unpaired) electrons. The molecule has 0 aliphatic heterocycles. The lowest BCUT2D eigenvalue weighted by atomic mass is 10.1. The Morgan fingerprint density at radius 3 is 2.24 bits per heavy atom. The van der Waals surface area contributed by atoms with E-state index in [1.165, 1.54) is 38.5 Å². The average molecular weight is 339 g/mol. The molecule has 128 valence electrons. The second-order valence-corrected chi connectivity index (χ2v) is 4.98. The number of amides is 1. The lowest BCUT2D eigenvalue weighted by Gasteiger charge is -2.10. The maximum absolute atomic E-state index is 12.1. The molecule has 1 N–H and O–H groups in total. The second-order valence-electron chi connectivity index (χ2n) is 4.98. The first-order chi connectivity index (χ1) is 12.0. The Morgan fingerprint density at radius 1 is 0.920 bits per heavy atom. The van der Waals surface area contributed by atoms with Crippen molar-refractivity contribution in [3.63, 3.8) is 0 Å². The summed E-state index contributed by atoms with van der Waals surface area (Å²) in [7, 11) is 2.48. The van der Waals surface area contributed by atoms with E-state index < -0.39 is 17.8 Å². The number of hydrogen-bond donors (Lipinski definition) is 1. The highest BCUT2D eigenvalue weighted by molar-refractivity contribution is 6.07. The maximum atomic E-state index is 12.1. The van der Waals surface area contributed by atoms with Crippen molar-refractivity contribution in [2.75, 3.05) is 19.5 Å². The standard InChI is InChI=1S/C19H17NO5/c1-24-18(22)14-9-10-15(19(23)25-2)16(12-14)20-17(21)11-8-13-6-4-3-5-7-13/h3-12H,1-2H3,(H,20,21)/b11-8-. The molecular weight excluding hydrogens is 322 g/mol. The molecule has 2 aromatic carbocycles. The smallest absolute Gasteiger partial charge is 0.339 e. The zero-order chi connectivity index (χ0) is 18.2. The molecule has 0 bridgehead atoms. The summed E-state index contributed by atoms with van der Waals surface area (Å²) in [5.74, 6) is -1.65. The summed E-state index contributed by atoms with van der Waals surface area (Å²) in [5, 5.41) is 2.58. The average Bonchev–Trinajstić information content (AvgIpc) is 2.65. The van der Waals surface area contributed by atoms with Crippen molar-refractivity contribution in [2.45, 2.75) is 0 Å². The van der Waals surface area contributed by atoms with E-state index in [-0.39, 0.29) is 16.8 Å². The Kier molecular flexibility index (Phi) is 6.06. The van der Waals surface area contributed by atoms with Gasteiger partial charge < -0.3 is 14.8 Å². The monoisotopic (exact) mass is 339 g/mol. The first kappa shape index (κ1) is 17.9. The van der Waals surface area contributed by atoms with Gasteiger partial charge in [0.15, 0.2) is 0 Å². The zero-order valence-corrected chi connectivity index (χ0v) is 13.8. The van der Waals surface area contributed by atoms with Crippen LogP contribution in [0.25, 0.3) is 6.08 Å². The van der Waals surface area contributed by atoms with Gasteiger partial charge in [0.05, 0.1) is 31.0 Å². The first-order valence-corrected chi connectivity index (χ1v) is 7.40. The highest BCUT2D eigenvalue weighted by atomic mass is 16.5. The van der Waals surface area contributed by atoms with Crippen LogP contribution in [-0.2, 0) is 14.3 Å². The summed E-state index contributed by atoms with van der Waals surface area (Å²) in [6, 6.07) is 13.5. The van der Waals surface area contributed by atoms with E-state index in [1.54, 1.807) is 6.08 Å². The van der Waals surface area contributed by atoms with Crippen molar-refractivity contribution in [2.24, 2.45) is 0 Å². The van der Waals surface area contributed by atoms with E-state index in [0.29, 0.717) is 0 Å². The van der Waals surface area contributed by atoms with E-state index in [2.05, 4.69) is 10.1 Å². The van der Waals surface area contributed by atoms with Crippen molar-refractivity contribution in [3.8, 4) is 0 Å². The predicted molar refractivity (Wildman–Crippen MR) is 93.2 cm³/mol. The number of benzene rings is 2. The number of carbonyl (C=O) groups excluding carboxylic acids is 3. The number of carbonyl (C=O) groups is 3. The minimum Gasteiger partial charge on any atom is -0.465 e. The molecule has 6 heteroatoms. The van der Waals surface area contributed by atoms with Gasteiger partial charge in [0, 0.05) is 6.08 Å². The molecule has 25 heavy (non-hydrogen) atoms. The predicted octanol–water partition coefficient (Wildman–Crippen LogP) is 2.91. The maximum Gasteiger partial charge on any atom is 0.339 e. The Balaban J connectivity index is 2.26. The molecule has 2 aromatic rings. The molecule has 0 fully saturated rings. The largest absolute Gasteiger partial charge is 0.465 e. The zero-order valence-electron chi connectivity index (χ0n) is 13.8. The third kappa shape index (κ3) is 4.78. The van der Waals surface area contributed by atoms with E-state index >= 15 is 0 Å². The van der Waals surface area contributed by atoms with Crippen LogP contribution in [0.4, 0.5) is 5.69 Å². The number of rotatable bonds is 5. The van der Waals surface area contributed by atoms with Crippen molar-refractivity contribution in [3.05, 3.63) is 71.3 Å². The summed E-state index contributed by atoms with van der Waals surface area (Å²) in [5.41, 5.74) is 1.36. The third-order valence-electron chi connectivity index (χ3n) is 3.33. The number of anilines is 1. The van der Waals surface area contributed by atoms with Crippen LogP contribution < -0.4 is 5.32 Å². The molecule has 0 saturated carbocycles. The Bertz CT molecular complexity index is 812. The molecule has 1 amide bonds. The van der Waals surface area contributed by atoms with Crippen LogP contribution in [0.2, 0.25) is 0 Å². The molecule has 0 spiro atoms. The molecule has 2 rings (SSSR count). The van der Waals surface area contributed by atoms with Gasteiger partial charge in [-0.2, -0.15) is 0 Å². The highest BCUT2D eigenvalue weighted by Crippen LogP contribution is 2.20. The molecule has 0 aliphatic rings. The molecule has 6 nitrogen and oxygen atoms in total. The van der Waals surface area contributed by atoms with Crippen molar-refractivity contribution < 1.29 is 23.9 Å². The summed E-state index contributed by atoms with van der Waals surface area (Å²) >= 11 is 0. The number of ether oxygens (including phenoxy) is 2. The van der Waals surface area contributed by atoms with Gasteiger partial charge >= 0.3 is 11.9 Å². The number of esters is 2. The minimum atomic E-state index is -0.626. The van der Waals surface area contributed by atoms with Gasteiger partial charge in [-0.05, 0) is 29.8 Å². The van der Waals surface area contributed by atoms with E-state index in [1.807, 2.05) is 30.3 Å². The normalized spacial score (nSPS) is 10.3. The van der Waals surface area contributed by atoms with Crippen molar-refractivity contribution in [1.29, 1.82) is 0 Å². The van der Waals surface area contributed by atoms with E-state index in [4.69, 9.17) is 4.74 Å². The summed E-state index contributed by atoms with van der Waals surface area (Å²) in [6.45, 7) is 0. The molecule has 0 heterocycles. The van der Waals surface area contributed by atoms with Crippen molar-refractivity contribution >= 4 is 29.6 Å². The van der Waals surface area contributed by atoms with Crippen LogP contribution in [0, 0.1) is 0 Å². The second kappa shape index (κ2) is 8.44. The number of nitrogens with one attached hydrogen (secondary N) is 1. The Labute approximate surface area is 145 Å². The van der Waals surface area contributed by atoms with Gasteiger partial charge in [-0.15, -0.1) is 0 Å². The van der Waals surface area contributed by atoms with Gasteiger partial charge in [0.2, 0.25) is 5.91 Å². The molecule has 0 saturated heterocycles. The quantitative estimate of drug-likeness (QED) is 0.669. The molecule has 0 aliphatic carbocycles. The van der Waals surface area contributed by atoms with Gasteiger partial charge in [0.25, 0.3) is 0 Å². The van der Waals surface area contributed by atoms with Crippen LogP contribution in [0.1, 0.15) is 26.3 Å². The third-order valence-corrected chi connectivity index (χ3v) is 3.33. The summed E-state index contributed by atoms with van der Waals surface area (Å²) in [6.07, 6.45) is 2.97. The topological polar surface area (TPSA) is 81.7 Å². The number of methoxy groups -OCH3 is 2. The molecule has 0 aromatic heterocycles. The minimum absolute atomic E-state index is 0.136. The van der Waals surface area contributed by atoms with Crippen LogP contribution in [0.15, 0.2) is 54.6 Å². The number of hydrogen-bond acceptors (Lipinski definition) is 5. The van der Waals surface area contributed by atoms with Gasteiger partial charge in [-0.1, -0.05) is 30.3 Å². The molecule has 0 atom stereocenters. The fourth-order valence-corrected chi connectivity index (χ4v) is 2.09. The van der Waals surface area contributed by atoms with Crippen LogP contribution in [0.3, 0.4) is 0 Å². The van der Waals surface area contributed by atoms with E-state index in [9.17, 15) is 14.4 Å². The van der Waals surface area contributed by atoms with Crippen LogP contribution in [0.5, 0.6) is 0 Å². The summed E-state index contributed by atoms with van der Waals surface area (Å²) < 4.78 is 9.34. The molecule has 0 unspecified atom stereocenters. The lowest BCUT2D eigenvalue weighted by molar-refractivity contribution is -0.111. The van der Waals surface area contributed by atoms with Crippen LogP contribution >= 0.6 is 0 Å². The van der Waals surface area contributed by atoms with Gasteiger partial charge in [-0.25, -0.2) is 9.59 Å². The Morgan fingerprint density at radius 2 is 1.60 bits per heavy atom. The lowest BCUT2D eigenvalue weighted by Crippen LogP contribution is -2.14. The van der Waals surface area contributed by atoms with Crippen molar-refractivity contribution in [1.82, 2.24) is 0 Å². The van der Waals surface area contributed by atoms with E-state index in [0.717, 1.165) is 5.56 Å². The highest BCUT2D eigenvalue weighted by Gasteiger charge is 2.16. The van der Waals surface area contributed by atoms with Gasteiger partial charge in [0.1, 0.15) is 0 Å². The Hall–Kier alpha value is -3.41. The van der Waals surface area contributed by atoms with Gasteiger partial charge in [-0.3, -0.25) is 4.79 Å². The fraction of sp³-hybridized carbons (Fsp3) is 0.105. The summed E-state index contributed by atoms with van der Waals surface area (Å²) in [4.78, 5) is 35.6. The first-order valence-electron chi connectivity index (χ1n) is 7.40. The fourth-order valence-electron chi connectivity index (χ4n) is 2.09. The molecular formula is C19H17NO5. The SMILES string of the molecule is COC(=O)c1ccc(C(=O)OC)c(NC(=O)/C=C\c2ccccc2)c1. The van der Waals surface area contributed by atoms with Crippen LogP contribution in [-0.4, -0.2) is 32.1 Å².